The first-order valence-corrected chi connectivity index (χ1v) is 25.8. The van der Waals surface area contributed by atoms with Gasteiger partial charge in [0.2, 0.25) is 15.7 Å². The number of allylic oxidation sites excluding steroid dienone is 7. The summed E-state index contributed by atoms with van der Waals surface area (Å²) in [6.45, 7) is 12.7. The first-order valence-electron chi connectivity index (χ1n) is 22.3. The molecule has 0 radical (unpaired) electrons. The predicted molar refractivity (Wildman–Crippen MR) is 262 cm³/mol. The lowest BCUT2D eigenvalue weighted by Crippen LogP contribution is -2.30. The lowest BCUT2D eigenvalue weighted by molar-refractivity contribution is -0.438. The molecule has 8 rings (SSSR count). The zero-order valence-electron chi connectivity index (χ0n) is 37.4. The van der Waals surface area contributed by atoms with Crippen molar-refractivity contribution in [2.75, 3.05) is 34.3 Å². The van der Waals surface area contributed by atoms with E-state index in [0.717, 1.165) is 59.1 Å². The monoisotopic (exact) mass is 882 g/mol. The van der Waals surface area contributed by atoms with Crippen molar-refractivity contribution in [1.82, 2.24) is 0 Å². The second kappa shape index (κ2) is 17.4. The average molecular weight is 883 g/mol. The minimum atomic E-state index is -4.08. The van der Waals surface area contributed by atoms with Gasteiger partial charge in [-0.2, -0.15) is 13.0 Å². The molecule has 0 saturated carbocycles. The summed E-state index contributed by atoms with van der Waals surface area (Å²) in [6.07, 6.45) is 15.5. The minimum absolute atomic E-state index is 0.293. The normalized spacial score (nSPS) is 18.5. The van der Waals surface area contributed by atoms with Gasteiger partial charge in [-0.1, -0.05) is 112 Å². The van der Waals surface area contributed by atoms with Gasteiger partial charge in [0.1, 0.15) is 6.54 Å². The minimum Gasteiger partial charge on any atom is -0.344 e. The third-order valence-electron chi connectivity index (χ3n) is 13.2. The highest BCUT2D eigenvalue weighted by Gasteiger charge is 2.46. The van der Waals surface area contributed by atoms with E-state index < -0.39 is 25.6 Å². The van der Waals surface area contributed by atoms with Crippen molar-refractivity contribution in [3.8, 4) is 0 Å². The maximum Gasteiger partial charge on any atom is 0.264 e. The van der Waals surface area contributed by atoms with E-state index in [2.05, 4.69) is 135 Å². The van der Waals surface area contributed by atoms with Crippen molar-refractivity contribution in [3.63, 3.8) is 0 Å². The van der Waals surface area contributed by atoms with Crippen molar-refractivity contribution in [3.05, 3.63) is 161 Å². The molecular formula is C53H60N3O5S2+. The Bertz CT molecular complexity index is 2980. The summed E-state index contributed by atoms with van der Waals surface area (Å²) in [7, 11) is -7.89. The van der Waals surface area contributed by atoms with Crippen LogP contribution in [0, 0.1) is 0 Å². The molecule has 0 bridgehead atoms. The van der Waals surface area contributed by atoms with E-state index in [0.29, 0.717) is 43.6 Å². The van der Waals surface area contributed by atoms with Gasteiger partial charge in [0.05, 0.1) is 28.8 Å². The zero-order valence-corrected chi connectivity index (χ0v) is 39.1. The molecule has 2 aliphatic heterocycles. The number of para-hydroxylation sites is 1. The maximum atomic E-state index is 14.1. The van der Waals surface area contributed by atoms with Crippen molar-refractivity contribution in [1.29, 1.82) is 0 Å². The summed E-state index contributed by atoms with van der Waals surface area (Å²) >= 11 is 0. The molecule has 63 heavy (non-hydrogen) atoms. The highest BCUT2D eigenvalue weighted by molar-refractivity contribution is 7.92. The van der Waals surface area contributed by atoms with Crippen molar-refractivity contribution in [2.45, 2.75) is 90.4 Å². The average Bonchev–Trinajstić information content (AvgIpc) is 3.81. The van der Waals surface area contributed by atoms with Gasteiger partial charge in [0.25, 0.3) is 10.1 Å². The fourth-order valence-electron chi connectivity index (χ4n) is 10.3. The van der Waals surface area contributed by atoms with Gasteiger partial charge in [-0.25, -0.2) is 12.7 Å². The number of rotatable bonds is 15. The van der Waals surface area contributed by atoms with Gasteiger partial charge >= 0.3 is 0 Å². The van der Waals surface area contributed by atoms with Crippen LogP contribution in [0.25, 0.3) is 21.5 Å². The number of anilines is 2. The first kappa shape index (κ1) is 44.3. The number of benzene rings is 5. The SMILES string of the molecule is CCCCC[N+]1=C(/C=C/C2=C(N(c3ccccc3)S(C)(=O)=O)C(=C/C=C3/N(CCCCS(=O)(=O)O)c4ccc5ccccc5c4C3(C)C)/CC2)C(C)(C)c2c1ccc1ccccc21. The van der Waals surface area contributed by atoms with Gasteiger partial charge in [0.15, 0.2) is 5.71 Å². The Morgan fingerprint density at radius 2 is 1.37 bits per heavy atom. The Morgan fingerprint density at radius 3 is 2.03 bits per heavy atom. The number of nitrogens with zero attached hydrogens (tertiary/aromatic N) is 3. The topological polar surface area (TPSA) is 98.0 Å². The van der Waals surface area contributed by atoms with Gasteiger partial charge in [-0.3, -0.25) is 4.55 Å². The van der Waals surface area contributed by atoms with Crippen LogP contribution in [0.4, 0.5) is 17.1 Å². The van der Waals surface area contributed by atoms with Crippen LogP contribution in [0.1, 0.15) is 90.7 Å². The molecule has 328 valence electrons. The standard InChI is InChI=1S/C53H59N3O5S2/c1-7-8-16-35-54-45-31-27-38-19-12-14-23-43(38)49(45)52(2,3)47(54)33-29-40-25-26-41(51(40)56(62(6,57)58)42-21-10-9-11-22-42)30-34-48-53(4,5)50-44-24-15-13-20-39(44)28-32-46(50)55(48)36-17-18-37-63(59,60)61/h9-15,19-24,27-34H,7-8,16-18,25-26,35-37H2,1-6H3/p+1. The fraction of sp³-hybridized carbons (Fsp3) is 0.340. The molecule has 5 aromatic carbocycles. The van der Waals surface area contributed by atoms with Crippen LogP contribution in [0.3, 0.4) is 0 Å². The Labute approximate surface area is 374 Å². The number of sulfonamides is 1. The summed E-state index contributed by atoms with van der Waals surface area (Å²) in [5, 5.41) is 4.78. The molecule has 5 aromatic rings. The fourth-order valence-corrected chi connectivity index (χ4v) is 12.0. The summed E-state index contributed by atoms with van der Waals surface area (Å²) in [5.74, 6) is -0.293. The van der Waals surface area contributed by atoms with Crippen molar-refractivity contribution >= 4 is 64.5 Å². The molecule has 2 heterocycles. The highest BCUT2D eigenvalue weighted by atomic mass is 32.2. The van der Waals surface area contributed by atoms with Crippen LogP contribution < -0.4 is 9.21 Å². The van der Waals surface area contributed by atoms with Gasteiger partial charge in [-0.05, 0) is 115 Å². The highest BCUT2D eigenvalue weighted by Crippen LogP contribution is 2.51. The summed E-state index contributed by atoms with van der Waals surface area (Å²) in [4.78, 5) is 2.28. The van der Waals surface area contributed by atoms with E-state index in [1.165, 1.54) is 43.9 Å². The van der Waals surface area contributed by atoms with E-state index >= 15 is 0 Å². The second-order valence-electron chi connectivity index (χ2n) is 18.3. The van der Waals surface area contributed by atoms with Crippen LogP contribution >= 0.6 is 0 Å². The molecule has 0 atom stereocenters. The lowest BCUT2D eigenvalue weighted by Gasteiger charge is -2.28. The number of hydrogen-bond donors (Lipinski definition) is 1. The van der Waals surface area contributed by atoms with Crippen molar-refractivity contribution in [2.24, 2.45) is 0 Å². The number of hydrogen-bond acceptors (Lipinski definition) is 5. The van der Waals surface area contributed by atoms with Crippen LogP contribution in [-0.2, 0) is 31.0 Å². The quantitative estimate of drug-likeness (QED) is 0.0639. The maximum absolute atomic E-state index is 14.1. The molecule has 0 spiro atoms. The van der Waals surface area contributed by atoms with E-state index in [4.69, 9.17) is 0 Å². The molecule has 0 saturated heterocycles. The van der Waals surface area contributed by atoms with Gasteiger partial charge in [-0.15, -0.1) is 0 Å². The smallest absolute Gasteiger partial charge is 0.264 e. The van der Waals surface area contributed by atoms with E-state index in [1.54, 1.807) is 0 Å². The molecule has 3 aliphatic rings. The number of fused-ring (bicyclic) bond motifs is 6. The zero-order chi connectivity index (χ0) is 44.7. The van der Waals surface area contributed by atoms with Crippen LogP contribution in [0.2, 0.25) is 0 Å². The molecule has 10 heteroatoms. The lowest BCUT2D eigenvalue weighted by atomic mass is 9.79. The van der Waals surface area contributed by atoms with Crippen LogP contribution in [0.15, 0.2) is 150 Å². The van der Waals surface area contributed by atoms with Crippen molar-refractivity contribution < 1.29 is 26.0 Å². The van der Waals surface area contributed by atoms with Gasteiger partial charge in [0, 0.05) is 47.5 Å². The molecule has 0 unspecified atom stereocenters. The third kappa shape index (κ3) is 8.57. The van der Waals surface area contributed by atoms with E-state index in [9.17, 15) is 21.4 Å². The Morgan fingerprint density at radius 1 is 0.714 bits per heavy atom. The molecule has 1 N–H and O–H groups in total. The predicted octanol–water partition coefficient (Wildman–Crippen LogP) is 11.9. The molecule has 1 aliphatic carbocycles. The largest absolute Gasteiger partial charge is 0.344 e. The first-order chi connectivity index (χ1) is 30.0. The van der Waals surface area contributed by atoms with Gasteiger partial charge < -0.3 is 4.90 Å². The molecule has 0 amide bonds. The Hall–Kier alpha value is -5.29. The Kier molecular flexibility index (Phi) is 12.2. The number of unbranched alkanes of at least 4 members (excludes halogenated alkanes) is 3. The van der Waals surface area contributed by atoms with E-state index in [1.807, 2.05) is 36.4 Å². The van der Waals surface area contributed by atoms with Crippen LogP contribution in [-0.4, -0.2) is 56.8 Å². The molecular weight excluding hydrogens is 823 g/mol. The second-order valence-corrected chi connectivity index (χ2v) is 21.7. The van der Waals surface area contributed by atoms with E-state index in [-0.39, 0.29) is 11.2 Å². The molecule has 0 aromatic heterocycles. The molecule has 8 nitrogen and oxygen atoms in total. The molecule has 0 fully saturated rings. The Balaban J connectivity index is 1.28. The summed E-state index contributed by atoms with van der Waals surface area (Å²) in [6, 6.07) is 35.1. The summed E-state index contributed by atoms with van der Waals surface area (Å²) < 4.78 is 65.0. The summed E-state index contributed by atoms with van der Waals surface area (Å²) in [5.41, 5.74) is 9.43. The third-order valence-corrected chi connectivity index (χ3v) is 15.1. The van der Waals surface area contributed by atoms with Crippen LogP contribution in [0.5, 0.6) is 0 Å².